The van der Waals surface area contributed by atoms with Gasteiger partial charge in [-0.05, 0) is 12.5 Å². The van der Waals surface area contributed by atoms with E-state index in [0.717, 1.165) is 11.1 Å². The van der Waals surface area contributed by atoms with Gasteiger partial charge in [-0.1, -0.05) is 32.0 Å². The summed E-state index contributed by atoms with van der Waals surface area (Å²) in [5.74, 6) is 0.293. The zero-order valence-corrected chi connectivity index (χ0v) is 8.33. The van der Waals surface area contributed by atoms with Crippen molar-refractivity contribution >= 4 is 0 Å². The van der Waals surface area contributed by atoms with E-state index in [-0.39, 0.29) is 12.0 Å². The van der Waals surface area contributed by atoms with Crippen LogP contribution in [-0.4, -0.2) is 16.8 Å². The van der Waals surface area contributed by atoms with E-state index < -0.39 is 0 Å². The third-order valence-corrected chi connectivity index (χ3v) is 2.36. The molecule has 0 aliphatic rings. The summed E-state index contributed by atoms with van der Waals surface area (Å²) >= 11 is 0. The Bertz CT molecular complexity index is 303. The van der Waals surface area contributed by atoms with Crippen LogP contribution in [0.1, 0.15) is 25.0 Å². The fraction of sp³-hybridized carbons (Fsp3) is 0.455. The Kier molecular flexibility index (Phi) is 2.62. The third-order valence-electron chi connectivity index (χ3n) is 2.36. The zero-order valence-electron chi connectivity index (χ0n) is 8.33. The second-order valence-corrected chi connectivity index (χ2v) is 4.01. The minimum absolute atomic E-state index is 0.0318. The van der Waals surface area contributed by atoms with Crippen molar-refractivity contribution in [1.82, 2.24) is 0 Å². The molecule has 2 N–H and O–H groups in total. The average Bonchev–Trinajstić information content (AvgIpc) is 2.09. The molecule has 0 aromatic heterocycles. The summed E-state index contributed by atoms with van der Waals surface area (Å²) in [7, 11) is 0. The second-order valence-electron chi connectivity index (χ2n) is 4.01. The first-order valence-corrected chi connectivity index (χ1v) is 4.39. The van der Waals surface area contributed by atoms with Gasteiger partial charge in [0, 0.05) is 11.0 Å². The maximum absolute atomic E-state index is 9.75. The molecule has 13 heavy (non-hydrogen) atoms. The first-order chi connectivity index (χ1) is 5.99. The molecule has 2 heteroatoms. The van der Waals surface area contributed by atoms with Crippen LogP contribution < -0.4 is 0 Å². The normalized spacial score (nSPS) is 11.7. The smallest absolute Gasteiger partial charge is 0.122 e. The molecule has 72 valence electrons. The van der Waals surface area contributed by atoms with Gasteiger partial charge in [0.05, 0.1) is 6.61 Å². The van der Waals surface area contributed by atoms with Crippen LogP contribution in [0.5, 0.6) is 5.75 Å². The number of aliphatic hydroxyl groups is 1. The van der Waals surface area contributed by atoms with E-state index in [0.29, 0.717) is 5.75 Å². The van der Waals surface area contributed by atoms with E-state index >= 15 is 0 Å². The quantitative estimate of drug-likeness (QED) is 0.730. The zero-order chi connectivity index (χ0) is 10.1. The summed E-state index contributed by atoms with van der Waals surface area (Å²) in [5.41, 5.74) is 1.27. The number of aliphatic hydroxyl groups excluding tert-OH is 1. The van der Waals surface area contributed by atoms with Gasteiger partial charge in [-0.15, -0.1) is 0 Å². The molecule has 0 heterocycles. The number of benzene rings is 1. The minimum Gasteiger partial charge on any atom is -0.507 e. The van der Waals surface area contributed by atoms with Gasteiger partial charge in [-0.25, -0.2) is 0 Å². The van der Waals surface area contributed by atoms with Gasteiger partial charge in [0.2, 0.25) is 0 Å². The van der Waals surface area contributed by atoms with Gasteiger partial charge < -0.3 is 10.2 Å². The summed E-state index contributed by atoms with van der Waals surface area (Å²) < 4.78 is 0. The van der Waals surface area contributed by atoms with Gasteiger partial charge in [0.1, 0.15) is 5.75 Å². The number of aromatic hydroxyl groups is 1. The predicted octanol–water partition coefficient (Wildman–Crippen LogP) is 1.97. The molecule has 0 aliphatic carbocycles. The van der Waals surface area contributed by atoms with Crippen LogP contribution in [0.25, 0.3) is 0 Å². The number of phenolic OH excluding ortho intramolecular Hbond substituents is 1. The SMILES string of the molecule is Cc1cccc(C(C)(C)CO)c1O. The number of hydrogen-bond acceptors (Lipinski definition) is 2. The largest absolute Gasteiger partial charge is 0.507 e. The number of rotatable bonds is 2. The van der Waals surface area contributed by atoms with E-state index in [4.69, 9.17) is 5.11 Å². The van der Waals surface area contributed by atoms with E-state index in [1.54, 1.807) is 0 Å². The van der Waals surface area contributed by atoms with Crippen molar-refractivity contribution in [3.05, 3.63) is 29.3 Å². The highest BCUT2D eigenvalue weighted by Crippen LogP contribution is 2.32. The average molecular weight is 180 g/mol. The summed E-state index contributed by atoms with van der Waals surface area (Å²) in [5, 5.41) is 18.9. The minimum atomic E-state index is -0.379. The van der Waals surface area contributed by atoms with Gasteiger partial charge in [0.25, 0.3) is 0 Å². The fourth-order valence-corrected chi connectivity index (χ4v) is 1.29. The Morgan fingerprint density at radius 3 is 2.46 bits per heavy atom. The fourth-order valence-electron chi connectivity index (χ4n) is 1.29. The van der Waals surface area contributed by atoms with Crippen LogP contribution in [0.4, 0.5) is 0 Å². The molecule has 0 amide bonds. The first-order valence-electron chi connectivity index (χ1n) is 4.39. The van der Waals surface area contributed by atoms with Gasteiger partial charge in [0.15, 0.2) is 0 Å². The van der Waals surface area contributed by atoms with Gasteiger partial charge in [-0.3, -0.25) is 0 Å². The van der Waals surface area contributed by atoms with Crippen LogP contribution in [0, 0.1) is 6.92 Å². The molecule has 1 aromatic carbocycles. The van der Waals surface area contributed by atoms with Crippen LogP contribution in [0.2, 0.25) is 0 Å². The lowest BCUT2D eigenvalue weighted by Gasteiger charge is -2.23. The molecule has 1 rings (SSSR count). The Balaban J connectivity index is 3.22. The standard InChI is InChI=1S/C11H16O2/c1-8-5-4-6-9(10(8)13)11(2,3)7-12/h4-6,12-13H,7H2,1-3H3. The molecular weight excluding hydrogens is 164 g/mol. The molecule has 0 saturated heterocycles. The number of hydrogen-bond donors (Lipinski definition) is 2. The van der Waals surface area contributed by atoms with Crippen molar-refractivity contribution in [2.45, 2.75) is 26.2 Å². The van der Waals surface area contributed by atoms with Crippen molar-refractivity contribution in [2.75, 3.05) is 6.61 Å². The van der Waals surface area contributed by atoms with E-state index in [9.17, 15) is 5.11 Å². The Hall–Kier alpha value is -1.02. The van der Waals surface area contributed by atoms with E-state index in [1.807, 2.05) is 39.0 Å². The highest BCUT2D eigenvalue weighted by Gasteiger charge is 2.23. The lowest BCUT2D eigenvalue weighted by atomic mass is 9.84. The van der Waals surface area contributed by atoms with Gasteiger partial charge in [-0.2, -0.15) is 0 Å². The van der Waals surface area contributed by atoms with Crippen molar-refractivity contribution in [2.24, 2.45) is 0 Å². The molecule has 0 saturated carbocycles. The van der Waals surface area contributed by atoms with Crippen LogP contribution in [0.3, 0.4) is 0 Å². The molecular formula is C11H16O2. The molecule has 1 aromatic rings. The summed E-state index contributed by atoms with van der Waals surface area (Å²) in [6.45, 7) is 5.69. The first kappa shape index (κ1) is 10.1. The maximum atomic E-state index is 9.75. The summed E-state index contributed by atoms with van der Waals surface area (Å²) in [6.07, 6.45) is 0. The van der Waals surface area contributed by atoms with E-state index in [1.165, 1.54) is 0 Å². The number of aryl methyl sites for hydroxylation is 1. The summed E-state index contributed by atoms with van der Waals surface area (Å²) in [4.78, 5) is 0. The molecule has 0 aliphatic heterocycles. The number of para-hydroxylation sites is 1. The van der Waals surface area contributed by atoms with Gasteiger partial charge >= 0.3 is 0 Å². The molecule has 0 radical (unpaired) electrons. The second kappa shape index (κ2) is 3.38. The molecule has 0 unspecified atom stereocenters. The monoisotopic (exact) mass is 180 g/mol. The third kappa shape index (κ3) is 1.83. The lowest BCUT2D eigenvalue weighted by Crippen LogP contribution is -2.22. The summed E-state index contributed by atoms with van der Waals surface area (Å²) in [6, 6.07) is 5.59. The highest BCUT2D eigenvalue weighted by atomic mass is 16.3. The predicted molar refractivity (Wildman–Crippen MR) is 53.0 cm³/mol. The Morgan fingerprint density at radius 2 is 1.92 bits per heavy atom. The van der Waals surface area contributed by atoms with E-state index in [2.05, 4.69) is 0 Å². The van der Waals surface area contributed by atoms with Crippen molar-refractivity contribution < 1.29 is 10.2 Å². The van der Waals surface area contributed by atoms with Crippen LogP contribution in [-0.2, 0) is 5.41 Å². The highest BCUT2D eigenvalue weighted by molar-refractivity contribution is 5.43. The molecule has 2 nitrogen and oxygen atoms in total. The van der Waals surface area contributed by atoms with Crippen LogP contribution in [0.15, 0.2) is 18.2 Å². The Labute approximate surface area is 78.8 Å². The molecule has 0 fully saturated rings. The van der Waals surface area contributed by atoms with Crippen molar-refractivity contribution in [3.63, 3.8) is 0 Å². The molecule has 0 atom stereocenters. The molecule has 0 spiro atoms. The Morgan fingerprint density at radius 1 is 1.31 bits per heavy atom. The molecule has 0 bridgehead atoms. The topological polar surface area (TPSA) is 40.5 Å². The maximum Gasteiger partial charge on any atom is 0.122 e. The van der Waals surface area contributed by atoms with Crippen molar-refractivity contribution in [1.29, 1.82) is 0 Å². The van der Waals surface area contributed by atoms with Crippen LogP contribution >= 0.6 is 0 Å². The van der Waals surface area contributed by atoms with Crippen molar-refractivity contribution in [3.8, 4) is 5.75 Å². The lowest BCUT2D eigenvalue weighted by molar-refractivity contribution is 0.215. The number of phenols is 1.